The number of benzene rings is 2. The van der Waals surface area contributed by atoms with Crippen LogP contribution in [0.25, 0.3) is 0 Å². The summed E-state index contributed by atoms with van der Waals surface area (Å²) in [6, 6.07) is 16.8. The summed E-state index contributed by atoms with van der Waals surface area (Å²) < 4.78 is 5.88. The van der Waals surface area contributed by atoms with Crippen molar-refractivity contribution in [3.8, 4) is 11.5 Å². The fourth-order valence-electron chi connectivity index (χ4n) is 2.92. The Balaban J connectivity index is 1.80. The number of carbonyl (C=O) groups excluding carboxylic acids is 1. The Bertz CT molecular complexity index is 657. The summed E-state index contributed by atoms with van der Waals surface area (Å²) in [6.45, 7) is 1.47. The summed E-state index contributed by atoms with van der Waals surface area (Å²) in [5.74, 6) is 1.42. The SMILES string of the molecule is O=C(c1ccccc1Oc1ccccc1)N1CCCC(CO)C1. The van der Waals surface area contributed by atoms with Crippen molar-refractivity contribution in [3.63, 3.8) is 0 Å². The number of carbonyl (C=O) groups is 1. The molecule has 0 radical (unpaired) electrons. The zero-order valence-corrected chi connectivity index (χ0v) is 13.0. The van der Waals surface area contributed by atoms with E-state index in [9.17, 15) is 9.90 Å². The van der Waals surface area contributed by atoms with E-state index < -0.39 is 0 Å². The molecular formula is C19H21NO3. The minimum absolute atomic E-state index is 0.0327. The Morgan fingerprint density at radius 1 is 1.13 bits per heavy atom. The highest BCUT2D eigenvalue weighted by Gasteiger charge is 2.25. The highest BCUT2D eigenvalue weighted by atomic mass is 16.5. The fraction of sp³-hybridized carbons (Fsp3) is 0.316. The summed E-state index contributed by atoms with van der Waals surface area (Å²) in [5.41, 5.74) is 0.565. The van der Waals surface area contributed by atoms with Gasteiger partial charge in [-0.25, -0.2) is 0 Å². The topological polar surface area (TPSA) is 49.8 Å². The summed E-state index contributed by atoms with van der Waals surface area (Å²) in [4.78, 5) is 14.7. The smallest absolute Gasteiger partial charge is 0.257 e. The van der Waals surface area contributed by atoms with E-state index in [1.165, 1.54) is 0 Å². The average Bonchev–Trinajstić information content (AvgIpc) is 2.62. The third-order valence-corrected chi connectivity index (χ3v) is 4.15. The molecule has 0 saturated carbocycles. The van der Waals surface area contributed by atoms with Crippen molar-refractivity contribution in [3.05, 3.63) is 60.2 Å². The van der Waals surface area contributed by atoms with Gasteiger partial charge in [-0.05, 0) is 43.0 Å². The number of nitrogens with zero attached hydrogens (tertiary/aromatic N) is 1. The quantitative estimate of drug-likeness (QED) is 0.942. The first-order valence-corrected chi connectivity index (χ1v) is 8.00. The van der Waals surface area contributed by atoms with E-state index in [4.69, 9.17) is 4.74 Å². The first-order valence-electron chi connectivity index (χ1n) is 8.00. The third-order valence-electron chi connectivity index (χ3n) is 4.15. The van der Waals surface area contributed by atoms with Gasteiger partial charge in [0.1, 0.15) is 11.5 Å². The van der Waals surface area contributed by atoms with Crippen LogP contribution >= 0.6 is 0 Å². The van der Waals surface area contributed by atoms with Crippen molar-refractivity contribution in [1.29, 1.82) is 0 Å². The second kappa shape index (κ2) is 7.29. The molecule has 120 valence electrons. The molecule has 0 aliphatic carbocycles. The van der Waals surface area contributed by atoms with Gasteiger partial charge in [0.05, 0.1) is 5.56 Å². The standard InChI is InChI=1S/C19H21NO3/c21-14-15-7-6-12-20(13-15)19(22)17-10-4-5-11-18(17)23-16-8-2-1-3-9-16/h1-5,8-11,15,21H,6-7,12-14H2. The van der Waals surface area contributed by atoms with E-state index in [0.29, 0.717) is 23.6 Å². The molecule has 1 heterocycles. The van der Waals surface area contributed by atoms with Crippen molar-refractivity contribution in [2.24, 2.45) is 5.92 Å². The van der Waals surface area contributed by atoms with Crippen LogP contribution < -0.4 is 4.74 Å². The van der Waals surface area contributed by atoms with Crippen LogP contribution in [0, 0.1) is 5.92 Å². The van der Waals surface area contributed by atoms with Gasteiger partial charge in [0.25, 0.3) is 5.91 Å². The van der Waals surface area contributed by atoms with E-state index in [-0.39, 0.29) is 18.4 Å². The molecular weight excluding hydrogens is 290 g/mol. The van der Waals surface area contributed by atoms with E-state index in [1.54, 1.807) is 6.07 Å². The van der Waals surface area contributed by atoms with Crippen molar-refractivity contribution in [1.82, 2.24) is 4.90 Å². The average molecular weight is 311 g/mol. The lowest BCUT2D eigenvalue weighted by molar-refractivity contribution is 0.0618. The molecule has 1 N–H and O–H groups in total. The van der Waals surface area contributed by atoms with Crippen molar-refractivity contribution < 1.29 is 14.6 Å². The second-order valence-electron chi connectivity index (χ2n) is 5.85. The van der Waals surface area contributed by atoms with Crippen LogP contribution in [0.2, 0.25) is 0 Å². The van der Waals surface area contributed by atoms with E-state index >= 15 is 0 Å². The van der Waals surface area contributed by atoms with Crippen LogP contribution in [0.5, 0.6) is 11.5 Å². The van der Waals surface area contributed by atoms with Crippen molar-refractivity contribution in [2.75, 3.05) is 19.7 Å². The van der Waals surface area contributed by atoms with E-state index in [0.717, 1.165) is 19.4 Å². The molecule has 1 fully saturated rings. The lowest BCUT2D eigenvalue weighted by atomic mass is 9.98. The molecule has 1 amide bonds. The molecule has 0 spiro atoms. The van der Waals surface area contributed by atoms with E-state index in [1.807, 2.05) is 53.4 Å². The Kier molecular flexibility index (Phi) is 4.93. The summed E-state index contributed by atoms with van der Waals surface area (Å²) in [7, 11) is 0. The van der Waals surface area contributed by atoms with Gasteiger partial charge in [-0.2, -0.15) is 0 Å². The van der Waals surface area contributed by atoms with Gasteiger partial charge in [0, 0.05) is 19.7 Å². The number of aliphatic hydroxyl groups is 1. The molecule has 4 heteroatoms. The normalized spacial score (nSPS) is 17.8. The molecule has 0 aromatic heterocycles. The first-order chi connectivity index (χ1) is 11.3. The van der Waals surface area contributed by atoms with Crippen LogP contribution in [-0.4, -0.2) is 35.6 Å². The molecule has 1 aliphatic heterocycles. The zero-order valence-electron chi connectivity index (χ0n) is 13.0. The number of hydrogen-bond donors (Lipinski definition) is 1. The number of ether oxygens (including phenoxy) is 1. The minimum Gasteiger partial charge on any atom is -0.457 e. The number of amides is 1. The zero-order chi connectivity index (χ0) is 16.1. The Morgan fingerprint density at radius 2 is 1.87 bits per heavy atom. The van der Waals surface area contributed by atoms with Gasteiger partial charge in [-0.1, -0.05) is 30.3 Å². The maximum Gasteiger partial charge on any atom is 0.257 e. The molecule has 4 nitrogen and oxygen atoms in total. The number of likely N-dealkylation sites (tertiary alicyclic amines) is 1. The van der Waals surface area contributed by atoms with Crippen LogP contribution in [0.15, 0.2) is 54.6 Å². The predicted molar refractivity (Wildman–Crippen MR) is 88.7 cm³/mol. The van der Waals surface area contributed by atoms with Gasteiger partial charge < -0.3 is 14.7 Å². The molecule has 1 saturated heterocycles. The minimum atomic E-state index is -0.0327. The van der Waals surface area contributed by atoms with Crippen LogP contribution in [0.1, 0.15) is 23.2 Å². The van der Waals surface area contributed by atoms with Crippen molar-refractivity contribution >= 4 is 5.91 Å². The highest BCUT2D eigenvalue weighted by Crippen LogP contribution is 2.27. The molecule has 1 atom stereocenters. The highest BCUT2D eigenvalue weighted by molar-refractivity contribution is 5.97. The second-order valence-corrected chi connectivity index (χ2v) is 5.85. The van der Waals surface area contributed by atoms with Crippen LogP contribution in [0.4, 0.5) is 0 Å². The predicted octanol–water partition coefficient (Wildman–Crippen LogP) is 3.32. The van der Waals surface area contributed by atoms with Crippen molar-refractivity contribution in [2.45, 2.75) is 12.8 Å². The molecule has 1 unspecified atom stereocenters. The molecule has 2 aromatic rings. The van der Waals surface area contributed by atoms with E-state index in [2.05, 4.69) is 0 Å². The number of hydrogen-bond acceptors (Lipinski definition) is 3. The maximum atomic E-state index is 12.8. The first kappa shape index (κ1) is 15.6. The molecule has 1 aliphatic rings. The van der Waals surface area contributed by atoms with Gasteiger partial charge in [0.2, 0.25) is 0 Å². The van der Waals surface area contributed by atoms with Gasteiger partial charge in [-0.15, -0.1) is 0 Å². The lowest BCUT2D eigenvalue weighted by Gasteiger charge is -2.32. The third kappa shape index (κ3) is 3.71. The van der Waals surface area contributed by atoms with Crippen LogP contribution in [-0.2, 0) is 0 Å². The van der Waals surface area contributed by atoms with Gasteiger partial charge >= 0.3 is 0 Å². The number of piperidine rings is 1. The summed E-state index contributed by atoms with van der Waals surface area (Å²) >= 11 is 0. The lowest BCUT2D eigenvalue weighted by Crippen LogP contribution is -2.41. The largest absolute Gasteiger partial charge is 0.457 e. The van der Waals surface area contributed by atoms with Gasteiger partial charge in [0.15, 0.2) is 0 Å². The molecule has 0 bridgehead atoms. The maximum absolute atomic E-state index is 12.8. The molecule has 2 aromatic carbocycles. The monoisotopic (exact) mass is 311 g/mol. The van der Waals surface area contributed by atoms with Gasteiger partial charge in [-0.3, -0.25) is 4.79 Å². The Morgan fingerprint density at radius 3 is 2.65 bits per heavy atom. The Labute approximate surface area is 136 Å². The summed E-state index contributed by atoms with van der Waals surface area (Å²) in [6.07, 6.45) is 1.90. The van der Waals surface area contributed by atoms with Crippen LogP contribution in [0.3, 0.4) is 0 Å². The number of aliphatic hydroxyl groups excluding tert-OH is 1. The number of para-hydroxylation sites is 2. The molecule has 3 rings (SSSR count). The summed E-state index contributed by atoms with van der Waals surface area (Å²) in [5, 5.41) is 9.35. The Hall–Kier alpha value is -2.33. The number of rotatable bonds is 4. The fourth-order valence-corrected chi connectivity index (χ4v) is 2.92. The molecule has 23 heavy (non-hydrogen) atoms.